The number of hydrogen-bond donors (Lipinski definition) is 1. The number of hydrogen-bond acceptors (Lipinski definition) is 3. The monoisotopic (exact) mass is 397 g/mol. The zero-order valence-corrected chi connectivity index (χ0v) is 16.6. The fraction of sp³-hybridized carbons (Fsp3) is 0.391. The smallest absolute Gasteiger partial charge is 0.251 e. The van der Waals surface area contributed by atoms with E-state index in [1.165, 1.54) is 12.1 Å². The van der Waals surface area contributed by atoms with E-state index in [1.54, 1.807) is 24.3 Å². The minimum atomic E-state index is -0.234. The van der Waals surface area contributed by atoms with Crippen molar-refractivity contribution >= 4 is 17.5 Å². The summed E-state index contributed by atoms with van der Waals surface area (Å²) in [5, 5.41) is 2.91. The normalized spacial score (nSPS) is 14.0. The SMILES string of the molecule is O=C(NCCCCCC(=O)N1CCN(c2ccc(F)cc2)CC1)c1ccccc1. The number of benzene rings is 2. The van der Waals surface area contributed by atoms with Crippen molar-refractivity contribution in [2.75, 3.05) is 37.6 Å². The van der Waals surface area contributed by atoms with Gasteiger partial charge in [-0.05, 0) is 49.2 Å². The van der Waals surface area contributed by atoms with Crippen LogP contribution < -0.4 is 10.2 Å². The Kier molecular flexibility index (Phi) is 7.61. The molecule has 0 unspecified atom stereocenters. The van der Waals surface area contributed by atoms with Gasteiger partial charge in [-0.2, -0.15) is 0 Å². The quantitative estimate of drug-likeness (QED) is 0.694. The molecule has 2 amide bonds. The van der Waals surface area contributed by atoms with Gasteiger partial charge in [0.2, 0.25) is 5.91 Å². The van der Waals surface area contributed by atoms with E-state index in [0.29, 0.717) is 31.6 Å². The molecule has 0 spiro atoms. The fourth-order valence-electron chi connectivity index (χ4n) is 3.50. The van der Waals surface area contributed by atoms with Crippen LogP contribution in [0, 0.1) is 5.82 Å². The minimum Gasteiger partial charge on any atom is -0.368 e. The maximum Gasteiger partial charge on any atom is 0.251 e. The zero-order valence-electron chi connectivity index (χ0n) is 16.6. The molecule has 1 aliphatic heterocycles. The summed E-state index contributed by atoms with van der Waals surface area (Å²) < 4.78 is 13.0. The molecule has 0 radical (unpaired) electrons. The van der Waals surface area contributed by atoms with Crippen LogP contribution in [0.1, 0.15) is 36.0 Å². The van der Waals surface area contributed by atoms with Crippen LogP contribution in [0.2, 0.25) is 0 Å². The lowest BCUT2D eigenvalue weighted by atomic mass is 10.1. The molecule has 1 saturated heterocycles. The van der Waals surface area contributed by atoms with E-state index < -0.39 is 0 Å². The lowest BCUT2D eigenvalue weighted by molar-refractivity contribution is -0.131. The highest BCUT2D eigenvalue weighted by Gasteiger charge is 2.20. The molecule has 3 rings (SSSR count). The lowest BCUT2D eigenvalue weighted by Crippen LogP contribution is -2.48. The van der Waals surface area contributed by atoms with Crippen molar-refractivity contribution in [1.82, 2.24) is 10.2 Å². The van der Waals surface area contributed by atoms with Gasteiger partial charge < -0.3 is 15.1 Å². The van der Waals surface area contributed by atoms with Crippen molar-refractivity contribution in [3.8, 4) is 0 Å². The molecular formula is C23H28FN3O2. The van der Waals surface area contributed by atoms with Crippen LogP contribution in [-0.2, 0) is 4.79 Å². The minimum absolute atomic E-state index is 0.0549. The Bertz CT molecular complexity index is 788. The predicted molar refractivity (Wildman–Crippen MR) is 112 cm³/mol. The number of amides is 2. The second kappa shape index (κ2) is 10.6. The standard InChI is InChI=1S/C23H28FN3O2/c24-20-10-12-21(13-11-20)26-15-17-27(18-16-26)22(28)9-5-2-6-14-25-23(29)19-7-3-1-4-8-19/h1,3-4,7-8,10-13H,2,5-6,9,14-18H2,(H,25,29). The molecule has 1 aliphatic rings. The first-order valence-electron chi connectivity index (χ1n) is 10.2. The Hall–Kier alpha value is -2.89. The van der Waals surface area contributed by atoms with Crippen LogP contribution in [0.25, 0.3) is 0 Å². The van der Waals surface area contributed by atoms with E-state index in [-0.39, 0.29) is 17.6 Å². The van der Waals surface area contributed by atoms with Gasteiger partial charge in [0.1, 0.15) is 5.82 Å². The van der Waals surface area contributed by atoms with Gasteiger partial charge in [0.05, 0.1) is 0 Å². The number of nitrogens with one attached hydrogen (secondary N) is 1. The van der Waals surface area contributed by atoms with E-state index >= 15 is 0 Å². The van der Waals surface area contributed by atoms with Gasteiger partial charge in [-0.1, -0.05) is 24.6 Å². The third kappa shape index (κ3) is 6.31. The summed E-state index contributed by atoms with van der Waals surface area (Å²) in [7, 11) is 0. The largest absolute Gasteiger partial charge is 0.368 e. The number of nitrogens with zero attached hydrogens (tertiary/aromatic N) is 2. The summed E-state index contributed by atoms with van der Waals surface area (Å²) in [5.41, 5.74) is 1.67. The van der Waals surface area contributed by atoms with E-state index in [0.717, 1.165) is 38.0 Å². The van der Waals surface area contributed by atoms with Crippen molar-refractivity contribution in [2.24, 2.45) is 0 Å². The Morgan fingerprint density at radius 1 is 0.862 bits per heavy atom. The average Bonchev–Trinajstić information content (AvgIpc) is 2.77. The van der Waals surface area contributed by atoms with E-state index in [1.807, 2.05) is 23.1 Å². The molecule has 0 saturated carbocycles. The van der Waals surface area contributed by atoms with Gasteiger partial charge in [-0.3, -0.25) is 9.59 Å². The van der Waals surface area contributed by atoms with Crippen LogP contribution in [0.3, 0.4) is 0 Å². The summed E-state index contributed by atoms with van der Waals surface area (Å²) in [6.45, 7) is 3.55. The second-order valence-corrected chi connectivity index (χ2v) is 7.28. The van der Waals surface area contributed by atoms with E-state index in [9.17, 15) is 14.0 Å². The van der Waals surface area contributed by atoms with Crippen LogP contribution in [-0.4, -0.2) is 49.4 Å². The van der Waals surface area contributed by atoms with Crippen LogP contribution in [0.5, 0.6) is 0 Å². The molecule has 0 aliphatic carbocycles. The number of halogens is 1. The number of anilines is 1. The molecule has 1 fully saturated rings. The molecule has 5 nitrogen and oxygen atoms in total. The second-order valence-electron chi connectivity index (χ2n) is 7.28. The maximum atomic E-state index is 13.0. The topological polar surface area (TPSA) is 52.7 Å². The van der Waals surface area contributed by atoms with Gasteiger partial charge >= 0.3 is 0 Å². The number of unbranched alkanes of at least 4 members (excludes halogenated alkanes) is 2. The predicted octanol–water partition coefficient (Wildman–Crippen LogP) is 3.46. The van der Waals surface area contributed by atoms with E-state index in [2.05, 4.69) is 10.2 Å². The lowest BCUT2D eigenvalue weighted by Gasteiger charge is -2.36. The van der Waals surface area contributed by atoms with Crippen molar-refractivity contribution in [2.45, 2.75) is 25.7 Å². The Morgan fingerprint density at radius 3 is 2.24 bits per heavy atom. The number of carbonyl (C=O) groups is 2. The summed E-state index contributed by atoms with van der Waals surface area (Å²) in [6, 6.07) is 15.7. The van der Waals surface area contributed by atoms with Gasteiger partial charge in [-0.25, -0.2) is 4.39 Å². The first-order valence-corrected chi connectivity index (χ1v) is 10.2. The first kappa shape index (κ1) is 20.8. The van der Waals surface area contributed by atoms with Crippen LogP contribution in [0.15, 0.2) is 54.6 Å². The maximum absolute atomic E-state index is 13.0. The Labute approximate surface area is 171 Å². The number of carbonyl (C=O) groups excluding carboxylic acids is 2. The first-order chi connectivity index (χ1) is 14.1. The summed E-state index contributed by atoms with van der Waals surface area (Å²) >= 11 is 0. The molecule has 1 N–H and O–H groups in total. The van der Waals surface area contributed by atoms with Crippen molar-refractivity contribution in [3.05, 3.63) is 66.0 Å². The molecule has 0 aromatic heterocycles. The molecule has 0 atom stereocenters. The zero-order chi connectivity index (χ0) is 20.5. The third-order valence-corrected chi connectivity index (χ3v) is 5.21. The fourth-order valence-corrected chi connectivity index (χ4v) is 3.50. The molecule has 2 aromatic carbocycles. The van der Waals surface area contributed by atoms with Gasteiger partial charge in [-0.15, -0.1) is 0 Å². The van der Waals surface area contributed by atoms with Crippen LogP contribution in [0.4, 0.5) is 10.1 Å². The van der Waals surface area contributed by atoms with Gasteiger partial charge in [0.25, 0.3) is 5.91 Å². The van der Waals surface area contributed by atoms with Crippen LogP contribution >= 0.6 is 0 Å². The summed E-state index contributed by atoms with van der Waals surface area (Å²) in [4.78, 5) is 28.4. The highest BCUT2D eigenvalue weighted by atomic mass is 19.1. The Balaban J connectivity index is 1.27. The number of piperazine rings is 1. The summed E-state index contributed by atoms with van der Waals surface area (Å²) in [6.07, 6.45) is 3.15. The molecule has 1 heterocycles. The highest BCUT2D eigenvalue weighted by molar-refractivity contribution is 5.94. The molecule has 6 heteroatoms. The molecular weight excluding hydrogens is 369 g/mol. The summed E-state index contributed by atoms with van der Waals surface area (Å²) in [5.74, 6) is -0.0972. The molecule has 29 heavy (non-hydrogen) atoms. The molecule has 2 aromatic rings. The molecule has 154 valence electrons. The average molecular weight is 397 g/mol. The van der Waals surface area contributed by atoms with Crippen molar-refractivity contribution < 1.29 is 14.0 Å². The Morgan fingerprint density at radius 2 is 1.55 bits per heavy atom. The van der Waals surface area contributed by atoms with Gasteiger partial charge in [0, 0.05) is 50.4 Å². The number of rotatable bonds is 8. The van der Waals surface area contributed by atoms with E-state index in [4.69, 9.17) is 0 Å². The van der Waals surface area contributed by atoms with Gasteiger partial charge in [0.15, 0.2) is 0 Å². The van der Waals surface area contributed by atoms with Crippen molar-refractivity contribution in [1.29, 1.82) is 0 Å². The third-order valence-electron chi connectivity index (χ3n) is 5.21. The van der Waals surface area contributed by atoms with Crippen molar-refractivity contribution in [3.63, 3.8) is 0 Å². The molecule has 0 bridgehead atoms. The highest BCUT2D eigenvalue weighted by Crippen LogP contribution is 2.17.